The van der Waals surface area contributed by atoms with E-state index in [2.05, 4.69) is 35.4 Å². The van der Waals surface area contributed by atoms with Crippen LogP contribution in [0.2, 0.25) is 0 Å². The lowest BCUT2D eigenvalue weighted by atomic mass is 9.97. The normalized spacial score (nSPS) is 15.6. The van der Waals surface area contributed by atoms with Crippen molar-refractivity contribution in [1.29, 1.82) is 0 Å². The van der Waals surface area contributed by atoms with Gasteiger partial charge in [0.05, 0.1) is 31.1 Å². The Morgan fingerprint density at radius 2 is 1.93 bits per heavy atom. The van der Waals surface area contributed by atoms with Gasteiger partial charge < -0.3 is 19.7 Å². The summed E-state index contributed by atoms with van der Waals surface area (Å²) in [6, 6.07) is 9.02. The van der Waals surface area contributed by atoms with Crippen LogP contribution < -0.4 is 19.7 Å². The Balaban J connectivity index is 1.38. The Labute approximate surface area is 238 Å². The molecule has 0 bridgehead atoms. The number of aryl methyl sites for hydroxylation is 3. The highest BCUT2D eigenvalue weighted by Gasteiger charge is 2.28. The number of hydrogen-bond donors (Lipinski definition) is 1. The Morgan fingerprint density at radius 1 is 1.07 bits per heavy atom. The predicted octanol–water partition coefficient (Wildman–Crippen LogP) is 5.26. The van der Waals surface area contributed by atoms with E-state index in [0.29, 0.717) is 29.0 Å². The third-order valence-corrected chi connectivity index (χ3v) is 7.92. The molecule has 5 aromatic rings. The molecule has 1 aliphatic heterocycles. The molecule has 0 saturated carbocycles. The number of rotatable bonds is 8. The SMILES string of the molecule is CCn1cc(N2CCC[C@@H](c3nc4c5cc(F)c(OC)cc5nc(NCc5ccc(OC)cc5C)n4n3)C2)c(C)n1. The number of halogens is 1. The van der Waals surface area contributed by atoms with Crippen LogP contribution >= 0.6 is 0 Å². The second-order valence-corrected chi connectivity index (χ2v) is 10.5. The maximum atomic E-state index is 14.8. The van der Waals surface area contributed by atoms with Crippen LogP contribution in [0, 0.1) is 19.7 Å². The molecule has 11 heteroatoms. The van der Waals surface area contributed by atoms with Crippen molar-refractivity contribution in [2.45, 2.75) is 52.6 Å². The molecule has 1 fully saturated rings. The minimum Gasteiger partial charge on any atom is -0.497 e. The average Bonchev–Trinajstić information content (AvgIpc) is 3.60. The first-order chi connectivity index (χ1) is 19.9. The second kappa shape index (κ2) is 10.9. The molecule has 3 aromatic heterocycles. The van der Waals surface area contributed by atoms with Crippen molar-refractivity contribution in [3.05, 3.63) is 65.0 Å². The molecular weight excluding hydrogens is 523 g/mol. The summed E-state index contributed by atoms with van der Waals surface area (Å²) in [5.41, 5.74) is 5.52. The van der Waals surface area contributed by atoms with Gasteiger partial charge in [0.15, 0.2) is 23.0 Å². The molecule has 6 rings (SSSR count). The molecule has 0 unspecified atom stereocenters. The van der Waals surface area contributed by atoms with Crippen molar-refractivity contribution < 1.29 is 13.9 Å². The van der Waals surface area contributed by atoms with E-state index in [1.807, 2.05) is 29.8 Å². The first-order valence-corrected chi connectivity index (χ1v) is 14.0. The number of nitrogens with zero attached hydrogens (tertiary/aromatic N) is 7. The minimum atomic E-state index is -0.463. The van der Waals surface area contributed by atoms with Gasteiger partial charge in [0.1, 0.15) is 5.75 Å². The van der Waals surface area contributed by atoms with Crippen molar-refractivity contribution >= 4 is 28.2 Å². The zero-order valence-corrected chi connectivity index (χ0v) is 24.1. The number of fused-ring (bicyclic) bond motifs is 3. The van der Waals surface area contributed by atoms with Crippen LogP contribution in [0.25, 0.3) is 16.6 Å². The number of benzene rings is 2. The van der Waals surface area contributed by atoms with Crippen molar-refractivity contribution in [2.24, 2.45) is 0 Å². The van der Waals surface area contributed by atoms with Crippen LogP contribution in [0.1, 0.15) is 48.3 Å². The summed E-state index contributed by atoms with van der Waals surface area (Å²) < 4.78 is 29.1. The molecule has 4 heterocycles. The molecule has 41 heavy (non-hydrogen) atoms. The summed E-state index contributed by atoms with van der Waals surface area (Å²) in [4.78, 5) is 12.2. The van der Waals surface area contributed by atoms with Gasteiger partial charge in [0.2, 0.25) is 5.95 Å². The number of aromatic nitrogens is 6. The molecule has 0 spiro atoms. The van der Waals surface area contributed by atoms with Gasteiger partial charge in [0, 0.05) is 49.7 Å². The van der Waals surface area contributed by atoms with Gasteiger partial charge in [-0.05, 0) is 62.9 Å². The molecule has 1 N–H and O–H groups in total. The molecule has 1 aliphatic rings. The molecule has 0 amide bonds. The van der Waals surface area contributed by atoms with E-state index in [4.69, 9.17) is 24.5 Å². The molecule has 1 atom stereocenters. The number of piperidine rings is 1. The summed E-state index contributed by atoms with van der Waals surface area (Å²) in [5.74, 6) is 1.86. The Morgan fingerprint density at radius 3 is 2.66 bits per heavy atom. The van der Waals surface area contributed by atoms with Crippen LogP contribution in [0.4, 0.5) is 16.0 Å². The van der Waals surface area contributed by atoms with Gasteiger partial charge in [-0.1, -0.05) is 6.07 Å². The molecular formula is C30H35FN8O2. The van der Waals surface area contributed by atoms with Gasteiger partial charge in [-0.3, -0.25) is 4.68 Å². The first kappa shape index (κ1) is 26.8. The van der Waals surface area contributed by atoms with Crippen LogP contribution in [-0.4, -0.2) is 56.7 Å². The monoisotopic (exact) mass is 558 g/mol. The number of methoxy groups -OCH3 is 2. The Kier molecular flexibility index (Phi) is 7.10. The summed E-state index contributed by atoms with van der Waals surface area (Å²) in [6.45, 7) is 9.29. The zero-order chi connectivity index (χ0) is 28.7. The Bertz CT molecular complexity index is 1730. The van der Waals surface area contributed by atoms with E-state index < -0.39 is 5.82 Å². The van der Waals surface area contributed by atoms with Crippen molar-refractivity contribution in [3.8, 4) is 11.5 Å². The van der Waals surface area contributed by atoms with E-state index in [0.717, 1.165) is 66.6 Å². The Hall–Kier alpha value is -4.41. The third kappa shape index (κ3) is 5.00. The largest absolute Gasteiger partial charge is 0.497 e. The number of nitrogens with one attached hydrogen (secondary N) is 1. The number of ether oxygens (including phenoxy) is 2. The first-order valence-electron chi connectivity index (χ1n) is 14.0. The predicted molar refractivity (Wildman–Crippen MR) is 157 cm³/mol. The van der Waals surface area contributed by atoms with Gasteiger partial charge >= 0.3 is 0 Å². The lowest BCUT2D eigenvalue weighted by Gasteiger charge is -2.32. The molecule has 1 saturated heterocycles. The van der Waals surface area contributed by atoms with E-state index in [1.165, 1.54) is 13.2 Å². The number of hydrogen-bond acceptors (Lipinski definition) is 8. The second-order valence-electron chi connectivity index (χ2n) is 10.5. The highest BCUT2D eigenvalue weighted by molar-refractivity contribution is 5.93. The minimum absolute atomic E-state index is 0.114. The van der Waals surface area contributed by atoms with Crippen molar-refractivity contribution in [3.63, 3.8) is 0 Å². The molecule has 214 valence electrons. The van der Waals surface area contributed by atoms with Gasteiger partial charge in [-0.2, -0.15) is 9.61 Å². The van der Waals surface area contributed by atoms with E-state index in [1.54, 1.807) is 17.7 Å². The fourth-order valence-electron chi connectivity index (χ4n) is 5.62. The summed E-state index contributed by atoms with van der Waals surface area (Å²) in [5, 5.41) is 13.6. The van der Waals surface area contributed by atoms with Gasteiger partial charge in [-0.15, -0.1) is 5.10 Å². The quantitative estimate of drug-likeness (QED) is 0.276. The van der Waals surface area contributed by atoms with E-state index in [9.17, 15) is 4.39 Å². The lowest BCUT2D eigenvalue weighted by Crippen LogP contribution is -2.35. The third-order valence-electron chi connectivity index (χ3n) is 7.92. The molecule has 2 aromatic carbocycles. The summed E-state index contributed by atoms with van der Waals surface area (Å²) in [7, 11) is 3.11. The van der Waals surface area contributed by atoms with Crippen molar-refractivity contribution in [2.75, 3.05) is 37.5 Å². The fraction of sp³-hybridized carbons (Fsp3) is 0.400. The van der Waals surface area contributed by atoms with Crippen LogP contribution in [-0.2, 0) is 13.1 Å². The zero-order valence-electron chi connectivity index (χ0n) is 24.1. The topological polar surface area (TPSA) is 94.6 Å². The summed E-state index contributed by atoms with van der Waals surface area (Å²) >= 11 is 0. The van der Waals surface area contributed by atoms with E-state index >= 15 is 0 Å². The van der Waals surface area contributed by atoms with Crippen molar-refractivity contribution in [1.82, 2.24) is 29.4 Å². The fourth-order valence-corrected chi connectivity index (χ4v) is 5.62. The molecule has 0 radical (unpaired) electrons. The molecule has 0 aliphatic carbocycles. The van der Waals surface area contributed by atoms with Crippen LogP contribution in [0.3, 0.4) is 0 Å². The lowest BCUT2D eigenvalue weighted by molar-refractivity contribution is 0.387. The number of anilines is 2. The summed E-state index contributed by atoms with van der Waals surface area (Å²) in [6.07, 6.45) is 4.10. The van der Waals surface area contributed by atoms with Gasteiger partial charge in [-0.25, -0.2) is 14.4 Å². The highest BCUT2D eigenvalue weighted by Crippen LogP contribution is 2.33. The maximum Gasteiger partial charge on any atom is 0.226 e. The molecule has 10 nitrogen and oxygen atoms in total. The van der Waals surface area contributed by atoms with Crippen LogP contribution in [0.5, 0.6) is 11.5 Å². The van der Waals surface area contributed by atoms with E-state index in [-0.39, 0.29) is 11.7 Å². The van der Waals surface area contributed by atoms with Crippen LogP contribution in [0.15, 0.2) is 36.5 Å². The van der Waals surface area contributed by atoms with Gasteiger partial charge in [0.25, 0.3) is 0 Å². The smallest absolute Gasteiger partial charge is 0.226 e. The maximum absolute atomic E-state index is 14.8. The average molecular weight is 559 g/mol. The standard InChI is InChI=1S/C30H35FN8O2/c1-6-38-17-26(19(3)35-38)37-11-7-8-21(16-37)28-34-29-23-13-24(31)27(41-5)14-25(23)33-30(39(29)36-28)32-15-20-9-10-22(40-4)12-18(20)2/h9-10,12-14,17,21H,6-8,11,15-16H2,1-5H3,(H,32,33)/t21-/m1/s1. The highest BCUT2D eigenvalue weighted by atomic mass is 19.1.